The fourth-order valence-corrected chi connectivity index (χ4v) is 6.71. The molecule has 2 heterocycles. The standard InChI is InChI=1S/C29H34FN3O2S/c1-21-7-14-28(22-5-3-2-4-6-22)36-33(21)20-24-10-13-26(19-27(24)30)32-17-15-31(16-18-32)25-11-8-23(9-12-25)29(34)35/h2-6,8-12,19,21,26,28H,7,13-18,20H2,1H3,(H,34,35)/t21-,26?,28-/m0/s1. The summed E-state index contributed by atoms with van der Waals surface area (Å²) >= 11 is 1.87. The highest BCUT2D eigenvalue weighted by Crippen LogP contribution is 2.43. The number of carbonyl (C=O) groups is 1. The van der Waals surface area contributed by atoms with Gasteiger partial charge in [0.2, 0.25) is 0 Å². The molecule has 0 amide bonds. The van der Waals surface area contributed by atoms with Crippen LogP contribution in [0.2, 0.25) is 0 Å². The third kappa shape index (κ3) is 5.69. The molecule has 2 aliphatic heterocycles. The van der Waals surface area contributed by atoms with Crippen LogP contribution in [0.15, 0.2) is 78.1 Å². The number of aromatic carboxylic acids is 1. The summed E-state index contributed by atoms with van der Waals surface area (Å²) in [5, 5.41) is 9.54. The van der Waals surface area contributed by atoms with Gasteiger partial charge in [0.1, 0.15) is 5.83 Å². The molecule has 190 valence electrons. The van der Waals surface area contributed by atoms with E-state index in [1.807, 2.05) is 30.2 Å². The predicted octanol–water partition coefficient (Wildman–Crippen LogP) is 5.93. The molecule has 0 bridgehead atoms. The van der Waals surface area contributed by atoms with E-state index in [2.05, 4.69) is 57.4 Å². The molecular formula is C29H34FN3O2S. The van der Waals surface area contributed by atoms with Crippen molar-refractivity contribution in [2.75, 3.05) is 37.6 Å². The Balaban J connectivity index is 1.15. The van der Waals surface area contributed by atoms with Gasteiger partial charge in [-0.1, -0.05) is 48.4 Å². The summed E-state index contributed by atoms with van der Waals surface area (Å²) in [5.41, 5.74) is 3.51. The Morgan fingerprint density at radius 2 is 1.75 bits per heavy atom. The molecule has 7 heteroatoms. The van der Waals surface area contributed by atoms with Crippen molar-refractivity contribution in [3.05, 3.63) is 89.3 Å². The van der Waals surface area contributed by atoms with E-state index in [-0.39, 0.29) is 11.9 Å². The Kier molecular flexibility index (Phi) is 7.79. The summed E-state index contributed by atoms with van der Waals surface area (Å²) in [7, 11) is 0. The normalized spacial score (nSPS) is 25.8. The number of rotatable bonds is 6. The minimum Gasteiger partial charge on any atom is -0.478 e. The van der Waals surface area contributed by atoms with Crippen LogP contribution < -0.4 is 4.90 Å². The molecule has 2 aromatic rings. The molecule has 2 saturated heterocycles. The van der Waals surface area contributed by atoms with Crippen molar-refractivity contribution < 1.29 is 14.3 Å². The molecule has 0 aromatic heterocycles. The number of carboxylic acids is 1. The van der Waals surface area contributed by atoms with Crippen molar-refractivity contribution in [2.24, 2.45) is 0 Å². The minimum absolute atomic E-state index is 0.0763. The molecule has 3 aliphatic rings. The fraction of sp³-hybridized carbons (Fsp3) is 0.414. The fourth-order valence-electron chi connectivity index (χ4n) is 5.34. The largest absolute Gasteiger partial charge is 0.478 e. The summed E-state index contributed by atoms with van der Waals surface area (Å²) in [6, 6.07) is 18.2. The SMILES string of the molecule is C[C@H]1CC[C@@H](c2ccccc2)SN1CC1=CCC(N2CCN(c3ccc(C(=O)O)cc3)CC2)C=C1F. The average Bonchev–Trinajstić information content (AvgIpc) is 2.91. The molecule has 0 saturated carbocycles. The van der Waals surface area contributed by atoms with Gasteiger partial charge in [0.25, 0.3) is 0 Å². The third-order valence-corrected chi connectivity index (χ3v) is 9.13. The minimum atomic E-state index is -0.908. The molecule has 36 heavy (non-hydrogen) atoms. The van der Waals surface area contributed by atoms with Crippen LogP contribution in [0.25, 0.3) is 0 Å². The zero-order valence-corrected chi connectivity index (χ0v) is 21.5. The highest BCUT2D eigenvalue weighted by molar-refractivity contribution is 7.97. The number of nitrogens with zero attached hydrogens (tertiary/aromatic N) is 3. The van der Waals surface area contributed by atoms with Gasteiger partial charge in [-0.05, 0) is 67.7 Å². The summed E-state index contributed by atoms with van der Waals surface area (Å²) in [6.07, 6.45) is 7.04. The van der Waals surface area contributed by atoms with E-state index >= 15 is 4.39 Å². The Bertz CT molecular complexity index is 1110. The number of halogens is 1. The van der Waals surface area contributed by atoms with E-state index in [0.29, 0.717) is 23.4 Å². The number of piperazine rings is 1. The molecule has 2 aromatic carbocycles. The zero-order chi connectivity index (χ0) is 25.1. The first-order chi connectivity index (χ1) is 17.5. The van der Waals surface area contributed by atoms with Crippen LogP contribution in [0.4, 0.5) is 10.1 Å². The van der Waals surface area contributed by atoms with Crippen LogP contribution >= 0.6 is 11.9 Å². The van der Waals surface area contributed by atoms with E-state index in [1.165, 1.54) is 5.56 Å². The van der Waals surface area contributed by atoms with Crippen molar-refractivity contribution in [3.8, 4) is 0 Å². The van der Waals surface area contributed by atoms with Gasteiger partial charge >= 0.3 is 5.97 Å². The highest BCUT2D eigenvalue weighted by atomic mass is 32.2. The molecule has 5 nitrogen and oxygen atoms in total. The first kappa shape index (κ1) is 25.1. The lowest BCUT2D eigenvalue weighted by Crippen LogP contribution is -2.50. The molecule has 0 spiro atoms. The average molecular weight is 508 g/mol. The van der Waals surface area contributed by atoms with E-state index in [9.17, 15) is 4.79 Å². The second kappa shape index (κ2) is 11.2. The lowest BCUT2D eigenvalue weighted by molar-refractivity contribution is 0.0697. The van der Waals surface area contributed by atoms with E-state index in [0.717, 1.165) is 56.7 Å². The summed E-state index contributed by atoms with van der Waals surface area (Å²) in [5.74, 6) is -0.984. The quantitative estimate of drug-likeness (QED) is 0.489. The Morgan fingerprint density at radius 3 is 2.42 bits per heavy atom. The maximum absolute atomic E-state index is 15.3. The molecular weight excluding hydrogens is 473 g/mol. The number of hydrogen-bond acceptors (Lipinski definition) is 5. The van der Waals surface area contributed by atoms with Crippen molar-refractivity contribution in [2.45, 2.75) is 43.5 Å². The van der Waals surface area contributed by atoms with Crippen LogP contribution in [0, 0.1) is 0 Å². The number of benzene rings is 2. The van der Waals surface area contributed by atoms with E-state index < -0.39 is 5.97 Å². The first-order valence-corrected chi connectivity index (χ1v) is 13.7. The van der Waals surface area contributed by atoms with Gasteiger partial charge in [-0.15, -0.1) is 0 Å². The summed E-state index contributed by atoms with van der Waals surface area (Å²) in [6.45, 7) is 6.29. The number of hydrogen-bond donors (Lipinski definition) is 1. The third-order valence-electron chi connectivity index (χ3n) is 7.61. The lowest BCUT2D eigenvalue weighted by atomic mass is 9.99. The maximum Gasteiger partial charge on any atom is 0.335 e. The van der Waals surface area contributed by atoms with Crippen molar-refractivity contribution in [1.82, 2.24) is 9.21 Å². The summed E-state index contributed by atoms with van der Waals surface area (Å²) < 4.78 is 17.6. The van der Waals surface area contributed by atoms with Crippen LogP contribution in [0.1, 0.15) is 47.4 Å². The molecule has 1 N–H and O–H groups in total. The Morgan fingerprint density at radius 1 is 1.03 bits per heavy atom. The van der Waals surface area contributed by atoms with Gasteiger partial charge in [0, 0.05) is 55.7 Å². The molecule has 5 rings (SSSR count). The number of anilines is 1. The Labute approximate surface area is 217 Å². The second-order valence-corrected chi connectivity index (χ2v) is 11.2. The van der Waals surface area contributed by atoms with Crippen LogP contribution in [0.3, 0.4) is 0 Å². The predicted molar refractivity (Wildman–Crippen MR) is 145 cm³/mol. The maximum atomic E-state index is 15.3. The van der Waals surface area contributed by atoms with Gasteiger partial charge in [-0.2, -0.15) is 0 Å². The topological polar surface area (TPSA) is 47.0 Å². The van der Waals surface area contributed by atoms with Gasteiger partial charge < -0.3 is 10.0 Å². The second-order valence-electron chi connectivity index (χ2n) is 9.93. The summed E-state index contributed by atoms with van der Waals surface area (Å²) in [4.78, 5) is 15.7. The Hall–Kier alpha value is -2.61. The number of carboxylic acid groups (broad SMARTS) is 1. The zero-order valence-electron chi connectivity index (χ0n) is 20.7. The van der Waals surface area contributed by atoms with Crippen molar-refractivity contribution >= 4 is 23.6 Å². The van der Waals surface area contributed by atoms with E-state index in [4.69, 9.17) is 5.11 Å². The molecule has 1 unspecified atom stereocenters. The molecule has 2 fully saturated rings. The lowest BCUT2D eigenvalue weighted by Gasteiger charge is -2.40. The van der Waals surface area contributed by atoms with Gasteiger partial charge in [-0.3, -0.25) is 4.90 Å². The van der Waals surface area contributed by atoms with E-state index in [1.54, 1.807) is 12.1 Å². The van der Waals surface area contributed by atoms with Gasteiger partial charge in [0.15, 0.2) is 0 Å². The highest BCUT2D eigenvalue weighted by Gasteiger charge is 2.30. The molecule has 1 aliphatic carbocycles. The van der Waals surface area contributed by atoms with Crippen LogP contribution in [-0.4, -0.2) is 65.1 Å². The molecule has 0 radical (unpaired) electrons. The van der Waals surface area contributed by atoms with Gasteiger partial charge in [0.05, 0.1) is 5.56 Å². The molecule has 3 atom stereocenters. The smallest absolute Gasteiger partial charge is 0.335 e. The van der Waals surface area contributed by atoms with Crippen LogP contribution in [-0.2, 0) is 0 Å². The van der Waals surface area contributed by atoms with Crippen molar-refractivity contribution in [3.63, 3.8) is 0 Å². The first-order valence-electron chi connectivity index (χ1n) is 12.9. The van der Waals surface area contributed by atoms with Gasteiger partial charge in [-0.25, -0.2) is 13.5 Å². The van der Waals surface area contributed by atoms with Crippen molar-refractivity contribution in [1.29, 1.82) is 0 Å². The monoisotopic (exact) mass is 507 g/mol. The van der Waals surface area contributed by atoms with Crippen LogP contribution in [0.5, 0.6) is 0 Å².